The summed E-state index contributed by atoms with van der Waals surface area (Å²) in [5.74, 6) is -0.638. The van der Waals surface area contributed by atoms with Gasteiger partial charge in [-0.15, -0.1) is 0 Å². The van der Waals surface area contributed by atoms with Gasteiger partial charge in [0.1, 0.15) is 11.2 Å². The number of carbonyl (C=O) groups is 1. The third-order valence-corrected chi connectivity index (χ3v) is 4.82. The fraction of sp³-hybridized carbons (Fsp3) is 0.300. The van der Waals surface area contributed by atoms with Gasteiger partial charge in [-0.05, 0) is 62.4 Å². The minimum Gasteiger partial charge on any atom is -0.465 e. The molecule has 0 aromatic heterocycles. The van der Waals surface area contributed by atoms with Crippen LogP contribution in [0.3, 0.4) is 0 Å². The maximum absolute atomic E-state index is 13.1. The SMILES string of the molecule is CCOC(=O)C1(C)CN(c2ccc(Cl)cc2)C/C1=N\Nc1ccc(F)cc1. The van der Waals surface area contributed by atoms with E-state index in [4.69, 9.17) is 16.3 Å². The van der Waals surface area contributed by atoms with Crippen LogP contribution in [0.5, 0.6) is 0 Å². The lowest BCUT2D eigenvalue weighted by Gasteiger charge is -2.23. The van der Waals surface area contributed by atoms with E-state index in [0.717, 1.165) is 5.69 Å². The molecule has 0 aliphatic carbocycles. The Morgan fingerprint density at radius 3 is 2.56 bits per heavy atom. The average molecular weight is 390 g/mol. The van der Waals surface area contributed by atoms with Gasteiger partial charge in [-0.1, -0.05) is 11.6 Å². The summed E-state index contributed by atoms with van der Waals surface area (Å²) in [5.41, 5.74) is 4.26. The molecule has 1 N–H and O–H groups in total. The number of ether oxygens (including phenoxy) is 1. The van der Waals surface area contributed by atoms with Crippen LogP contribution in [0.1, 0.15) is 13.8 Å². The molecule has 1 aliphatic heterocycles. The predicted octanol–water partition coefficient (Wildman–Crippen LogP) is 4.34. The van der Waals surface area contributed by atoms with E-state index in [9.17, 15) is 9.18 Å². The summed E-state index contributed by atoms with van der Waals surface area (Å²) in [7, 11) is 0. The molecule has 0 saturated carbocycles. The van der Waals surface area contributed by atoms with Gasteiger partial charge in [0.15, 0.2) is 0 Å². The number of rotatable bonds is 5. The zero-order valence-corrected chi connectivity index (χ0v) is 16.0. The lowest BCUT2D eigenvalue weighted by molar-refractivity contribution is -0.149. The Morgan fingerprint density at radius 1 is 1.26 bits per heavy atom. The number of hydrogen-bond donors (Lipinski definition) is 1. The van der Waals surface area contributed by atoms with Gasteiger partial charge in [0.25, 0.3) is 0 Å². The largest absolute Gasteiger partial charge is 0.465 e. The highest BCUT2D eigenvalue weighted by Crippen LogP contribution is 2.33. The van der Waals surface area contributed by atoms with Crippen LogP contribution < -0.4 is 10.3 Å². The van der Waals surface area contributed by atoms with Gasteiger partial charge in [0, 0.05) is 17.3 Å². The first kappa shape index (κ1) is 19.2. The van der Waals surface area contributed by atoms with Gasteiger partial charge in [0.05, 0.1) is 24.6 Å². The van der Waals surface area contributed by atoms with E-state index in [0.29, 0.717) is 36.1 Å². The molecule has 2 aromatic rings. The molecule has 0 spiro atoms. The molecule has 0 bridgehead atoms. The number of halogens is 2. The van der Waals surface area contributed by atoms with Crippen molar-refractivity contribution in [2.45, 2.75) is 13.8 Å². The zero-order valence-electron chi connectivity index (χ0n) is 15.2. The maximum Gasteiger partial charge on any atom is 0.319 e. The number of hydrogen-bond acceptors (Lipinski definition) is 5. The Bertz CT molecular complexity index is 839. The molecular weight excluding hydrogens is 369 g/mol. The quantitative estimate of drug-likeness (QED) is 0.610. The van der Waals surface area contributed by atoms with Crippen LogP contribution in [0.2, 0.25) is 5.02 Å². The predicted molar refractivity (Wildman–Crippen MR) is 106 cm³/mol. The van der Waals surface area contributed by atoms with Crippen LogP contribution in [0.4, 0.5) is 15.8 Å². The van der Waals surface area contributed by atoms with Crippen LogP contribution in [-0.2, 0) is 9.53 Å². The molecule has 1 saturated heterocycles. The van der Waals surface area contributed by atoms with E-state index >= 15 is 0 Å². The third-order valence-electron chi connectivity index (χ3n) is 4.57. The topological polar surface area (TPSA) is 53.9 Å². The molecule has 142 valence electrons. The fourth-order valence-corrected chi connectivity index (χ4v) is 3.13. The third kappa shape index (κ3) is 4.22. The Kier molecular flexibility index (Phi) is 5.65. The van der Waals surface area contributed by atoms with Crippen molar-refractivity contribution in [3.05, 3.63) is 59.4 Å². The molecule has 7 heteroatoms. The summed E-state index contributed by atoms with van der Waals surface area (Å²) in [6.07, 6.45) is 0. The van der Waals surface area contributed by atoms with Crippen molar-refractivity contribution in [3.63, 3.8) is 0 Å². The van der Waals surface area contributed by atoms with Crippen LogP contribution in [0, 0.1) is 11.2 Å². The highest BCUT2D eigenvalue weighted by atomic mass is 35.5. The second-order valence-electron chi connectivity index (χ2n) is 6.56. The van der Waals surface area contributed by atoms with Crippen molar-refractivity contribution < 1.29 is 13.9 Å². The van der Waals surface area contributed by atoms with Gasteiger partial charge in [0.2, 0.25) is 0 Å². The number of carbonyl (C=O) groups excluding carboxylic acids is 1. The second kappa shape index (κ2) is 7.96. The monoisotopic (exact) mass is 389 g/mol. The van der Waals surface area contributed by atoms with Crippen LogP contribution in [0.25, 0.3) is 0 Å². The zero-order chi connectivity index (χ0) is 19.4. The van der Waals surface area contributed by atoms with Gasteiger partial charge < -0.3 is 9.64 Å². The molecule has 2 aromatic carbocycles. The van der Waals surface area contributed by atoms with E-state index in [-0.39, 0.29) is 11.8 Å². The molecule has 1 unspecified atom stereocenters. The molecular formula is C20H21ClFN3O2. The van der Waals surface area contributed by atoms with Crippen LogP contribution in [0.15, 0.2) is 53.6 Å². The highest BCUT2D eigenvalue weighted by Gasteiger charge is 2.47. The minimum atomic E-state index is -0.886. The van der Waals surface area contributed by atoms with Gasteiger partial charge in [-0.2, -0.15) is 5.10 Å². The maximum atomic E-state index is 13.1. The molecule has 0 amide bonds. The van der Waals surface area contributed by atoms with Crippen molar-refractivity contribution >= 4 is 34.7 Å². The minimum absolute atomic E-state index is 0.300. The molecule has 3 rings (SSSR count). The van der Waals surface area contributed by atoms with Crippen LogP contribution in [-0.4, -0.2) is 31.4 Å². The summed E-state index contributed by atoms with van der Waals surface area (Å²) in [4.78, 5) is 14.7. The summed E-state index contributed by atoms with van der Waals surface area (Å²) in [5, 5.41) is 5.10. The number of anilines is 2. The van der Waals surface area contributed by atoms with E-state index in [1.54, 1.807) is 19.1 Å². The first-order chi connectivity index (χ1) is 12.9. The standard InChI is InChI=1S/C20H21ClFN3O2/c1-3-27-19(26)20(2)13-25(17-10-4-14(21)5-11-17)12-18(20)24-23-16-8-6-15(22)7-9-16/h4-11,23H,3,12-13H2,1-2H3/b24-18+. The Labute approximate surface area is 162 Å². The van der Waals surface area contributed by atoms with E-state index in [2.05, 4.69) is 15.4 Å². The number of benzene rings is 2. The van der Waals surface area contributed by atoms with E-state index < -0.39 is 5.41 Å². The van der Waals surface area contributed by atoms with Crippen molar-refractivity contribution in [1.29, 1.82) is 0 Å². The molecule has 1 fully saturated rings. The lowest BCUT2D eigenvalue weighted by atomic mass is 9.88. The summed E-state index contributed by atoms with van der Waals surface area (Å²) in [6.45, 7) is 4.81. The summed E-state index contributed by atoms with van der Waals surface area (Å²) >= 11 is 5.97. The average Bonchev–Trinajstić information content (AvgIpc) is 3.00. The van der Waals surface area contributed by atoms with E-state index in [1.807, 2.05) is 31.2 Å². The molecule has 27 heavy (non-hydrogen) atoms. The van der Waals surface area contributed by atoms with Crippen molar-refractivity contribution in [2.75, 3.05) is 30.0 Å². The molecule has 1 aliphatic rings. The molecule has 5 nitrogen and oxygen atoms in total. The van der Waals surface area contributed by atoms with Crippen molar-refractivity contribution in [1.82, 2.24) is 0 Å². The number of nitrogens with one attached hydrogen (secondary N) is 1. The summed E-state index contributed by atoms with van der Waals surface area (Å²) < 4.78 is 18.4. The summed E-state index contributed by atoms with van der Waals surface area (Å²) in [6, 6.07) is 13.3. The van der Waals surface area contributed by atoms with Crippen molar-refractivity contribution in [2.24, 2.45) is 10.5 Å². The highest BCUT2D eigenvalue weighted by molar-refractivity contribution is 6.30. The molecule has 1 heterocycles. The van der Waals surface area contributed by atoms with Gasteiger partial charge in [-0.25, -0.2) is 4.39 Å². The van der Waals surface area contributed by atoms with Gasteiger partial charge in [-0.3, -0.25) is 10.2 Å². The number of nitrogens with zero attached hydrogens (tertiary/aromatic N) is 2. The number of esters is 1. The fourth-order valence-electron chi connectivity index (χ4n) is 3.01. The smallest absolute Gasteiger partial charge is 0.319 e. The Balaban J connectivity index is 1.87. The van der Waals surface area contributed by atoms with Crippen LogP contribution >= 0.6 is 11.6 Å². The Hall–Kier alpha value is -2.60. The van der Waals surface area contributed by atoms with E-state index in [1.165, 1.54) is 12.1 Å². The second-order valence-corrected chi connectivity index (χ2v) is 7.00. The first-order valence-corrected chi connectivity index (χ1v) is 9.06. The first-order valence-electron chi connectivity index (χ1n) is 8.69. The normalized spacial score (nSPS) is 20.7. The van der Waals surface area contributed by atoms with Gasteiger partial charge >= 0.3 is 5.97 Å². The lowest BCUT2D eigenvalue weighted by Crippen LogP contribution is -2.38. The van der Waals surface area contributed by atoms with Crippen molar-refractivity contribution in [3.8, 4) is 0 Å². The number of hydrazone groups is 1. The Morgan fingerprint density at radius 2 is 1.93 bits per heavy atom. The molecule has 0 radical (unpaired) electrons. The molecule has 1 atom stereocenters.